The molecule has 3 aromatic carbocycles. The summed E-state index contributed by atoms with van der Waals surface area (Å²) in [6.07, 6.45) is 1.91. The van der Waals surface area contributed by atoms with Crippen molar-refractivity contribution in [3.8, 4) is 17.6 Å². The van der Waals surface area contributed by atoms with Gasteiger partial charge in [-0.3, -0.25) is 14.5 Å². The zero-order valence-corrected chi connectivity index (χ0v) is 31.5. The minimum Gasteiger partial charge on any atom is -0.492 e. The third-order valence-corrected chi connectivity index (χ3v) is 11.7. The summed E-state index contributed by atoms with van der Waals surface area (Å²) < 4.78 is 40.5. The third kappa shape index (κ3) is 7.01. The number of fused-ring (bicyclic) bond motifs is 1. The van der Waals surface area contributed by atoms with E-state index in [0.717, 1.165) is 44.1 Å². The number of ketones is 1. The predicted molar refractivity (Wildman–Crippen MR) is 202 cm³/mol. The van der Waals surface area contributed by atoms with Gasteiger partial charge in [0.2, 0.25) is 0 Å². The van der Waals surface area contributed by atoms with Crippen LogP contribution in [0.3, 0.4) is 0 Å². The summed E-state index contributed by atoms with van der Waals surface area (Å²) in [6, 6.07) is 19.4. The fraction of sp³-hybridized carbons (Fsp3) is 0.381. The van der Waals surface area contributed by atoms with Gasteiger partial charge in [-0.1, -0.05) is 45.4 Å². The zero-order chi connectivity index (χ0) is 38.4. The lowest BCUT2D eigenvalue weighted by molar-refractivity contribution is -0.196. The summed E-state index contributed by atoms with van der Waals surface area (Å²) in [5.74, 6) is 0.311. The van der Waals surface area contributed by atoms with E-state index in [1.165, 1.54) is 11.0 Å². The molecule has 54 heavy (non-hydrogen) atoms. The molecule has 3 aliphatic rings. The molecule has 0 atom stereocenters. The molecule has 1 amide bonds. The van der Waals surface area contributed by atoms with Crippen molar-refractivity contribution in [2.24, 2.45) is 16.7 Å². The van der Waals surface area contributed by atoms with Crippen LogP contribution in [-0.2, 0) is 6.54 Å². The predicted octanol–water partition coefficient (Wildman–Crippen LogP) is 7.95. The van der Waals surface area contributed by atoms with Gasteiger partial charge in [-0.05, 0) is 54.4 Å². The molecule has 1 aromatic heterocycles. The highest BCUT2D eigenvalue weighted by Gasteiger charge is 2.63. The molecule has 9 nitrogen and oxygen atoms in total. The maximum atomic E-state index is 14.5. The Morgan fingerprint density at radius 3 is 2.43 bits per heavy atom. The quantitative estimate of drug-likeness (QED) is 0.142. The number of halogens is 3. The van der Waals surface area contributed by atoms with Gasteiger partial charge in [0.25, 0.3) is 5.91 Å². The number of ether oxygens (including phenoxy) is 2. The van der Waals surface area contributed by atoms with E-state index < -0.39 is 11.6 Å². The lowest BCUT2D eigenvalue weighted by Crippen LogP contribution is -2.66. The van der Waals surface area contributed by atoms with Crippen molar-refractivity contribution in [1.82, 2.24) is 9.88 Å². The first-order valence-electron chi connectivity index (χ1n) is 18.1. The maximum absolute atomic E-state index is 14.5. The molecular formula is C42H42ClF2N5O4. The molecule has 1 saturated heterocycles. The van der Waals surface area contributed by atoms with E-state index in [4.69, 9.17) is 21.1 Å². The largest absolute Gasteiger partial charge is 0.492 e. The van der Waals surface area contributed by atoms with Crippen LogP contribution in [0.2, 0.25) is 5.02 Å². The number of amides is 1. The number of aromatic nitrogens is 1. The number of benzene rings is 3. The highest BCUT2D eigenvalue weighted by molar-refractivity contribution is 6.31. The summed E-state index contributed by atoms with van der Waals surface area (Å²) in [4.78, 5) is 37.1. The second kappa shape index (κ2) is 14.6. The second-order valence-electron chi connectivity index (χ2n) is 15.4. The molecule has 0 radical (unpaired) electrons. The number of nitriles is 1. The van der Waals surface area contributed by atoms with Crippen LogP contribution in [0.5, 0.6) is 11.5 Å². The summed E-state index contributed by atoms with van der Waals surface area (Å²) in [5, 5.41) is 9.55. The van der Waals surface area contributed by atoms with Gasteiger partial charge in [0, 0.05) is 85.0 Å². The Morgan fingerprint density at radius 1 is 1.00 bits per heavy atom. The number of rotatable bonds is 11. The van der Waals surface area contributed by atoms with Gasteiger partial charge < -0.3 is 19.3 Å². The van der Waals surface area contributed by atoms with Gasteiger partial charge in [0.05, 0.1) is 22.8 Å². The Labute approximate surface area is 319 Å². The first kappa shape index (κ1) is 37.3. The Bertz CT molecular complexity index is 2110. The molecule has 0 N–H and O–H groups in total. The smallest absolute Gasteiger partial charge is 0.259 e. The first-order chi connectivity index (χ1) is 25.8. The number of Topliss-reactive ketones (excluding diaryl/α,β-unsaturated/α-hetero) is 1. The van der Waals surface area contributed by atoms with Crippen LogP contribution in [-0.4, -0.2) is 67.0 Å². The van der Waals surface area contributed by atoms with Crippen molar-refractivity contribution >= 4 is 34.8 Å². The number of nitrogens with zero attached hydrogens (tertiary/aromatic N) is 5. The topological polar surface area (TPSA) is 99.0 Å². The molecule has 12 heteroatoms. The van der Waals surface area contributed by atoms with Crippen LogP contribution < -0.4 is 19.3 Å². The molecule has 2 aliphatic heterocycles. The van der Waals surface area contributed by atoms with E-state index >= 15 is 0 Å². The average Bonchev–Trinajstić information content (AvgIpc) is 3.49. The fourth-order valence-electron chi connectivity index (χ4n) is 8.67. The van der Waals surface area contributed by atoms with Crippen molar-refractivity contribution in [3.63, 3.8) is 0 Å². The highest BCUT2D eigenvalue weighted by atomic mass is 35.5. The van der Waals surface area contributed by atoms with E-state index in [9.17, 15) is 23.6 Å². The average molecular weight is 754 g/mol. The van der Waals surface area contributed by atoms with E-state index in [-0.39, 0.29) is 46.8 Å². The second-order valence-corrected chi connectivity index (χ2v) is 15.8. The zero-order valence-electron chi connectivity index (χ0n) is 30.7. The van der Waals surface area contributed by atoms with Gasteiger partial charge in [0.1, 0.15) is 47.7 Å². The lowest BCUT2D eigenvalue weighted by atomic mass is 9.44. The maximum Gasteiger partial charge on any atom is 0.259 e. The highest BCUT2D eigenvalue weighted by Crippen LogP contribution is 2.61. The van der Waals surface area contributed by atoms with Crippen molar-refractivity contribution < 1.29 is 27.8 Å². The van der Waals surface area contributed by atoms with Crippen LogP contribution >= 0.6 is 11.6 Å². The monoisotopic (exact) mass is 753 g/mol. The summed E-state index contributed by atoms with van der Waals surface area (Å²) in [6.45, 7) is 12.9. The number of hydrogen-bond donors (Lipinski definition) is 0. The molecule has 1 saturated carbocycles. The number of piperazine rings is 1. The molecule has 0 bridgehead atoms. The number of hydrogen-bond acceptors (Lipinski definition) is 8. The van der Waals surface area contributed by atoms with Crippen LogP contribution in [0.4, 0.5) is 20.3 Å². The van der Waals surface area contributed by atoms with E-state index in [1.807, 2.05) is 18.2 Å². The summed E-state index contributed by atoms with van der Waals surface area (Å²) >= 11 is 6.24. The van der Waals surface area contributed by atoms with Crippen LogP contribution in [0.15, 0.2) is 72.9 Å². The van der Waals surface area contributed by atoms with Gasteiger partial charge in [-0.25, -0.2) is 13.8 Å². The minimum atomic E-state index is -0.788. The molecule has 4 aromatic rings. The first-order valence-corrected chi connectivity index (χ1v) is 18.5. The Kier molecular flexibility index (Phi) is 10.1. The summed E-state index contributed by atoms with van der Waals surface area (Å²) in [5.41, 5.74) is 1.61. The van der Waals surface area contributed by atoms with Crippen LogP contribution in [0.1, 0.15) is 66.0 Å². The Morgan fingerprint density at radius 2 is 1.76 bits per heavy atom. The molecule has 3 heterocycles. The minimum absolute atomic E-state index is 0.0345. The fourth-order valence-corrected chi connectivity index (χ4v) is 8.89. The molecular weight excluding hydrogens is 712 g/mol. The van der Waals surface area contributed by atoms with E-state index in [0.29, 0.717) is 58.3 Å². The normalized spacial score (nSPS) is 20.2. The lowest BCUT2D eigenvalue weighted by Gasteiger charge is -2.63. The van der Waals surface area contributed by atoms with Gasteiger partial charge in [-0.15, -0.1) is 0 Å². The molecule has 280 valence electrons. The van der Waals surface area contributed by atoms with Gasteiger partial charge in [0.15, 0.2) is 5.78 Å². The Hall–Kier alpha value is -5.05. The summed E-state index contributed by atoms with van der Waals surface area (Å²) in [7, 11) is 0. The van der Waals surface area contributed by atoms with Crippen molar-refractivity contribution in [3.05, 3.63) is 112 Å². The van der Waals surface area contributed by atoms with Crippen LogP contribution in [0, 0.1) is 39.7 Å². The number of anilines is 2. The number of carbonyl (C=O) groups excluding carboxylic acids is 2. The van der Waals surface area contributed by atoms with Gasteiger partial charge >= 0.3 is 0 Å². The van der Waals surface area contributed by atoms with E-state index in [1.54, 1.807) is 36.5 Å². The number of carbonyl (C=O) groups is 2. The van der Waals surface area contributed by atoms with Crippen LogP contribution in [0.25, 0.3) is 0 Å². The van der Waals surface area contributed by atoms with Crippen molar-refractivity contribution in [2.75, 3.05) is 49.1 Å². The van der Waals surface area contributed by atoms with Crippen molar-refractivity contribution in [2.45, 2.75) is 46.8 Å². The Balaban J connectivity index is 0.884. The molecule has 1 aliphatic carbocycles. The van der Waals surface area contributed by atoms with Crippen molar-refractivity contribution in [1.29, 1.82) is 5.26 Å². The molecule has 7 rings (SSSR count). The number of pyridine rings is 1. The molecule has 2 fully saturated rings. The SMILES string of the molecule is CC1(C)C(CC(=O)c2ccc(N3CCN(CCOc4cccc5c4CN(c4ccc(F)cc4F)C5=O)CC3)nc2)C(C)(C)C1Oc1ccc(C#N)c(Cl)c1. The van der Waals surface area contributed by atoms with E-state index in [2.05, 4.69) is 48.5 Å². The standard InChI is InChI=1S/C42H42ClF2N5O4/c1-41(2)37(42(3,4)40(41)54-29-11-8-26(23-46)32(43)21-29)22-35(51)27-9-13-38(47-24-27)49-16-14-48(15-17-49)18-19-53-36-7-5-6-30-31(36)25-50(39(30)52)34-12-10-28(44)20-33(34)45/h5-13,20-21,24,37,40H,14-19,22,25H2,1-4H3. The third-order valence-electron chi connectivity index (χ3n) is 11.4. The molecule has 0 spiro atoms. The molecule has 0 unspecified atom stereocenters. The van der Waals surface area contributed by atoms with Gasteiger partial charge in [-0.2, -0.15) is 5.26 Å².